The molecule has 0 aliphatic carbocycles. The molecule has 5 heteroatoms. The molecule has 170 valence electrons. The van der Waals surface area contributed by atoms with Gasteiger partial charge in [-0.3, -0.25) is 9.36 Å². The molecule has 5 nitrogen and oxygen atoms in total. The molecule has 2 heterocycles. The minimum Gasteiger partial charge on any atom is -0.372 e. The van der Waals surface area contributed by atoms with Gasteiger partial charge in [0.2, 0.25) is 0 Å². The number of aromatic nitrogens is 1. The van der Waals surface area contributed by atoms with Gasteiger partial charge in [0.15, 0.2) is 0 Å². The standard InChI is InChI=1S/C29H27N3O2/c1-19-16-32(24-13-11-23(12-14-24)31-17-20(2)34-21(3)18-31)29(33)27-10-6-9-26(28(19)27)25-8-5-4-7-22(25)15-30/h4-14,16,20-21H,17-18H2,1-3H3/t20-,21+. The maximum atomic E-state index is 13.6. The lowest BCUT2D eigenvalue weighted by Crippen LogP contribution is -2.45. The molecule has 1 saturated heterocycles. The molecule has 2 atom stereocenters. The minimum absolute atomic E-state index is 0.0711. The second kappa shape index (κ2) is 8.81. The van der Waals surface area contributed by atoms with Crippen molar-refractivity contribution in [3.8, 4) is 22.9 Å². The van der Waals surface area contributed by atoms with Crippen LogP contribution >= 0.6 is 0 Å². The Bertz CT molecular complexity index is 1450. The number of hydrogen-bond donors (Lipinski definition) is 0. The molecule has 0 unspecified atom stereocenters. The Morgan fingerprint density at radius 3 is 2.24 bits per heavy atom. The quantitative estimate of drug-likeness (QED) is 0.417. The molecule has 1 aliphatic rings. The summed E-state index contributed by atoms with van der Waals surface area (Å²) in [6.45, 7) is 7.91. The fourth-order valence-corrected chi connectivity index (χ4v) is 5.05. The number of morpholine rings is 1. The zero-order valence-electron chi connectivity index (χ0n) is 19.7. The van der Waals surface area contributed by atoms with Gasteiger partial charge in [-0.25, -0.2) is 0 Å². The van der Waals surface area contributed by atoms with Gasteiger partial charge in [0.25, 0.3) is 5.56 Å². The lowest BCUT2D eigenvalue weighted by Gasteiger charge is -2.36. The summed E-state index contributed by atoms with van der Waals surface area (Å²) in [7, 11) is 0. The number of ether oxygens (including phenoxy) is 1. The molecule has 34 heavy (non-hydrogen) atoms. The molecule has 4 aromatic rings. The topological polar surface area (TPSA) is 58.3 Å². The van der Waals surface area contributed by atoms with Gasteiger partial charge < -0.3 is 9.64 Å². The van der Waals surface area contributed by atoms with E-state index in [1.54, 1.807) is 4.57 Å². The molecular weight excluding hydrogens is 422 g/mol. The van der Waals surface area contributed by atoms with Crippen molar-refractivity contribution in [1.29, 1.82) is 5.26 Å². The van der Waals surface area contributed by atoms with Crippen LogP contribution in [0.2, 0.25) is 0 Å². The Hall–Kier alpha value is -3.88. The van der Waals surface area contributed by atoms with Crippen LogP contribution in [0.25, 0.3) is 27.6 Å². The second-order valence-electron chi connectivity index (χ2n) is 9.05. The van der Waals surface area contributed by atoms with Crippen LogP contribution < -0.4 is 10.5 Å². The first-order valence-electron chi connectivity index (χ1n) is 11.6. The number of pyridine rings is 1. The molecule has 0 saturated carbocycles. The van der Waals surface area contributed by atoms with Crippen molar-refractivity contribution >= 4 is 16.5 Å². The van der Waals surface area contributed by atoms with E-state index in [0.29, 0.717) is 10.9 Å². The lowest BCUT2D eigenvalue weighted by molar-refractivity contribution is -0.00521. The summed E-state index contributed by atoms with van der Waals surface area (Å²) in [6.07, 6.45) is 2.28. The summed E-state index contributed by atoms with van der Waals surface area (Å²) in [4.78, 5) is 15.9. The Balaban J connectivity index is 1.58. The molecule has 3 aromatic carbocycles. The third kappa shape index (κ3) is 3.87. The molecule has 0 spiro atoms. The third-order valence-electron chi connectivity index (χ3n) is 6.48. The lowest BCUT2D eigenvalue weighted by atomic mass is 9.93. The summed E-state index contributed by atoms with van der Waals surface area (Å²) < 4.78 is 7.57. The average Bonchev–Trinajstić information content (AvgIpc) is 2.85. The maximum absolute atomic E-state index is 13.6. The van der Waals surface area contributed by atoms with Crippen molar-refractivity contribution in [3.63, 3.8) is 0 Å². The first-order chi connectivity index (χ1) is 16.5. The zero-order chi connectivity index (χ0) is 23.8. The number of nitriles is 1. The fourth-order valence-electron chi connectivity index (χ4n) is 5.05. The number of aryl methyl sites for hydroxylation is 1. The van der Waals surface area contributed by atoms with E-state index in [4.69, 9.17) is 4.74 Å². The van der Waals surface area contributed by atoms with E-state index >= 15 is 0 Å². The highest BCUT2D eigenvalue weighted by molar-refractivity contribution is 5.99. The monoisotopic (exact) mass is 449 g/mol. The highest BCUT2D eigenvalue weighted by atomic mass is 16.5. The highest BCUT2D eigenvalue weighted by Crippen LogP contribution is 2.32. The summed E-state index contributed by atoms with van der Waals surface area (Å²) in [5, 5.41) is 11.1. The van der Waals surface area contributed by atoms with Gasteiger partial charge in [-0.1, -0.05) is 30.3 Å². The van der Waals surface area contributed by atoms with Crippen molar-refractivity contribution in [3.05, 3.63) is 94.4 Å². The number of benzene rings is 3. The molecule has 0 N–H and O–H groups in total. The molecule has 1 aliphatic heterocycles. The van der Waals surface area contributed by atoms with Gasteiger partial charge in [-0.2, -0.15) is 5.26 Å². The highest BCUT2D eigenvalue weighted by Gasteiger charge is 2.22. The number of hydrogen-bond acceptors (Lipinski definition) is 4. The smallest absolute Gasteiger partial charge is 0.262 e. The van der Waals surface area contributed by atoms with Crippen LogP contribution in [0.3, 0.4) is 0 Å². The van der Waals surface area contributed by atoms with E-state index < -0.39 is 0 Å². The van der Waals surface area contributed by atoms with Gasteiger partial charge in [-0.15, -0.1) is 0 Å². The second-order valence-corrected chi connectivity index (χ2v) is 9.05. The third-order valence-corrected chi connectivity index (χ3v) is 6.48. The Morgan fingerprint density at radius 2 is 1.53 bits per heavy atom. The van der Waals surface area contributed by atoms with Crippen LogP contribution in [0.4, 0.5) is 5.69 Å². The van der Waals surface area contributed by atoms with E-state index in [2.05, 4.69) is 36.9 Å². The molecule has 0 radical (unpaired) electrons. The number of rotatable bonds is 3. The van der Waals surface area contributed by atoms with E-state index in [1.165, 1.54) is 0 Å². The first-order valence-corrected chi connectivity index (χ1v) is 11.6. The Morgan fingerprint density at radius 1 is 0.882 bits per heavy atom. The summed E-state index contributed by atoms with van der Waals surface area (Å²) in [5.74, 6) is 0. The number of anilines is 1. The molecule has 1 fully saturated rings. The zero-order valence-corrected chi connectivity index (χ0v) is 19.7. The van der Waals surface area contributed by atoms with Crippen molar-refractivity contribution in [2.75, 3.05) is 18.0 Å². The summed E-state index contributed by atoms with van der Waals surface area (Å²) in [6, 6.07) is 23.7. The molecular formula is C29H27N3O2. The average molecular weight is 450 g/mol. The number of nitrogens with zero attached hydrogens (tertiary/aromatic N) is 3. The van der Waals surface area contributed by atoms with E-state index in [9.17, 15) is 10.1 Å². The maximum Gasteiger partial charge on any atom is 0.262 e. The van der Waals surface area contributed by atoms with Gasteiger partial charge in [0.05, 0.1) is 23.8 Å². The predicted molar refractivity (Wildman–Crippen MR) is 137 cm³/mol. The van der Waals surface area contributed by atoms with Crippen molar-refractivity contribution in [2.24, 2.45) is 0 Å². The van der Waals surface area contributed by atoms with E-state index in [0.717, 1.165) is 46.5 Å². The van der Waals surface area contributed by atoms with Crippen molar-refractivity contribution in [2.45, 2.75) is 33.0 Å². The summed E-state index contributed by atoms with van der Waals surface area (Å²) in [5.41, 5.74) is 5.22. The molecule has 1 aromatic heterocycles. The van der Waals surface area contributed by atoms with Crippen LogP contribution in [0.5, 0.6) is 0 Å². The largest absolute Gasteiger partial charge is 0.372 e. The van der Waals surface area contributed by atoms with Crippen LogP contribution in [0.1, 0.15) is 25.0 Å². The summed E-state index contributed by atoms with van der Waals surface area (Å²) >= 11 is 0. The van der Waals surface area contributed by atoms with Gasteiger partial charge in [0, 0.05) is 41.6 Å². The van der Waals surface area contributed by atoms with E-state index in [1.807, 2.05) is 67.7 Å². The normalized spacial score (nSPS) is 18.1. The first kappa shape index (κ1) is 21.9. The fraction of sp³-hybridized carbons (Fsp3) is 0.241. The van der Waals surface area contributed by atoms with Gasteiger partial charge >= 0.3 is 0 Å². The molecule has 5 rings (SSSR count). The Kier molecular flexibility index (Phi) is 5.69. The Labute approximate surface area is 199 Å². The number of fused-ring (bicyclic) bond motifs is 1. The van der Waals surface area contributed by atoms with Gasteiger partial charge in [-0.05, 0) is 73.7 Å². The SMILES string of the molecule is Cc1cn(-c2ccc(N3C[C@@H](C)O[C@@H](C)C3)cc2)c(=O)c2cccc(-c3ccccc3C#N)c12. The van der Waals surface area contributed by atoms with Crippen LogP contribution in [0, 0.1) is 18.3 Å². The predicted octanol–water partition coefficient (Wildman–Crippen LogP) is 5.45. The van der Waals surface area contributed by atoms with Crippen LogP contribution in [0.15, 0.2) is 77.7 Å². The van der Waals surface area contributed by atoms with Crippen LogP contribution in [-0.4, -0.2) is 29.9 Å². The minimum atomic E-state index is -0.0711. The van der Waals surface area contributed by atoms with E-state index in [-0.39, 0.29) is 17.8 Å². The van der Waals surface area contributed by atoms with Crippen molar-refractivity contribution < 1.29 is 4.74 Å². The van der Waals surface area contributed by atoms with Gasteiger partial charge in [0.1, 0.15) is 0 Å². The molecule has 0 bridgehead atoms. The van der Waals surface area contributed by atoms with Crippen LogP contribution in [-0.2, 0) is 4.74 Å². The molecule has 0 amide bonds. The van der Waals surface area contributed by atoms with Crippen molar-refractivity contribution in [1.82, 2.24) is 4.57 Å².